The van der Waals surface area contributed by atoms with Crippen molar-refractivity contribution in [3.8, 4) is 11.4 Å². The van der Waals surface area contributed by atoms with E-state index in [1.165, 1.54) is 12.1 Å². The van der Waals surface area contributed by atoms with Gasteiger partial charge in [-0.1, -0.05) is 11.6 Å². The van der Waals surface area contributed by atoms with Crippen LogP contribution in [-0.4, -0.2) is 48.7 Å². The zero-order valence-corrected chi connectivity index (χ0v) is 15.6. The number of carbonyl (C=O) groups excluding carboxylic acids is 1. The fourth-order valence-corrected chi connectivity index (χ4v) is 3.81. The molecule has 4 rings (SSSR count). The summed E-state index contributed by atoms with van der Waals surface area (Å²) in [5.41, 5.74) is 1.88. The van der Waals surface area contributed by atoms with Gasteiger partial charge in [0.1, 0.15) is 16.7 Å². The Morgan fingerprint density at radius 3 is 2.52 bits per heavy atom. The molecule has 140 valence electrons. The molecule has 0 spiro atoms. The van der Waals surface area contributed by atoms with Gasteiger partial charge in [-0.3, -0.25) is 9.36 Å². The lowest BCUT2D eigenvalue weighted by Gasteiger charge is -2.27. The molecular weight excluding hydrogens is 369 g/mol. The zero-order valence-electron chi connectivity index (χ0n) is 14.8. The quantitative estimate of drug-likeness (QED) is 0.748. The van der Waals surface area contributed by atoms with E-state index in [0.717, 1.165) is 24.0 Å². The van der Waals surface area contributed by atoms with Gasteiger partial charge < -0.3 is 15.0 Å². The first-order chi connectivity index (χ1) is 13.1. The third-order valence-electron chi connectivity index (χ3n) is 4.82. The van der Waals surface area contributed by atoms with Crippen LogP contribution in [0.15, 0.2) is 42.5 Å². The molecule has 27 heavy (non-hydrogen) atoms. The number of rotatable bonds is 3. The van der Waals surface area contributed by atoms with Gasteiger partial charge in [0.2, 0.25) is 0 Å². The van der Waals surface area contributed by atoms with E-state index in [-0.39, 0.29) is 11.7 Å². The van der Waals surface area contributed by atoms with Crippen LogP contribution in [0, 0.1) is 5.82 Å². The lowest BCUT2D eigenvalue weighted by atomic mass is 10.1. The van der Waals surface area contributed by atoms with E-state index in [1.54, 1.807) is 28.7 Å². The standard InChI is InChI=1S/C20H19ClFN3O2/c1-27-15-6-7-16-17(12-15)25(14-4-2-13(22)3-5-14)19(21)18(16)20(26)24-10-8-23-9-11-24/h2-7,12,23H,8-11H2,1H3. The molecule has 1 amide bonds. The molecule has 2 aromatic carbocycles. The summed E-state index contributed by atoms with van der Waals surface area (Å²) >= 11 is 6.70. The number of ether oxygens (including phenoxy) is 1. The maximum atomic E-state index is 13.4. The van der Waals surface area contributed by atoms with Crippen molar-refractivity contribution in [2.75, 3.05) is 33.3 Å². The second-order valence-corrected chi connectivity index (χ2v) is 6.76. The van der Waals surface area contributed by atoms with Crippen LogP contribution in [0.1, 0.15) is 10.4 Å². The topological polar surface area (TPSA) is 46.5 Å². The van der Waals surface area contributed by atoms with E-state index in [0.29, 0.717) is 35.2 Å². The summed E-state index contributed by atoms with van der Waals surface area (Å²) in [6.07, 6.45) is 0. The molecule has 0 atom stereocenters. The zero-order chi connectivity index (χ0) is 19.0. The molecule has 0 radical (unpaired) electrons. The Kier molecular flexibility index (Phi) is 4.76. The number of fused-ring (bicyclic) bond motifs is 1. The van der Waals surface area contributed by atoms with Crippen molar-refractivity contribution in [1.29, 1.82) is 0 Å². The van der Waals surface area contributed by atoms with Crippen LogP contribution >= 0.6 is 11.6 Å². The van der Waals surface area contributed by atoms with Crippen LogP contribution in [0.5, 0.6) is 5.75 Å². The molecule has 0 bridgehead atoms. The molecule has 0 saturated carbocycles. The molecule has 0 aliphatic carbocycles. The molecule has 5 nitrogen and oxygen atoms in total. The second kappa shape index (κ2) is 7.21. The van der Waals surface area contributed by atoms with Crippen molar-refractivity contribution in [3.05, 3.63) is 59.0 Å². The van der Waals surface area contributed by atoms with E-state index in [4.69, 9.17) is 16.3 Å². The van der Waals surface area contributed by atoms with E-state index < -0.39 is 0 Å². The van der Waals surface area contributed by atoms with E-state index in [9.17, 15) is 9.18 Å². The molecule has 2 heterocycles. The van der Waals surface area contributed by atoms with Gasteiger partial charge in [-0.2, -0.15) is 0 Å². The highest BCUT2D eigenvalue weighted by Gasteiger charge is 2.27. The first-order valence-electron chi connectivity index (χ1n) is 8.74. The fourth-order valence-electron chi connectivity index (χ4n) is 3.44. The molecule has 1 aliphatic rings. The number of benzene rings is 2. The molecule has 1 aliphatic heterocycles. The van der Waals surface area contributed by atoms with Crippen LogP contribution in [0.4, 0.5) is 4.39 Å². The average Bonchev–Trinajstić information content (AvgIpc) is 2.99. The van der Waals surface area contributed by atoms with Gasteiger partial charge >= 0.3 is 0 Å². The summed E-state index contributed by atoms with van der Waals surface area (Å²) in [7, 11) is 1.58. The molecular formula is C20H19ClFN3O2. The number of hydrogen-bond donors (Lipinski definition) is 1. The van der Waals surface area contributed by atoms with Gasteiger partial charge in [0.15, 0.2) is 0 Å². The lowest BCUT2D eigenvalue weighted by molar-refractivity contribution is 0.0738. The number of aromatic nitrogens is 1. The van der Waals surface area contributed by atoms with Crippen molar-refractivity contribution < 1.29 is 13.9 Å². The Bertz CT molecular complexity index is 995. The highest BCUT2D eigenvalue weighted by molar-refractivity contribution is 6.36. The van der Waals surface area contributed by atoms with Crippen LogP contribution in [0.3, 0.4) is 0 Å². The van der Waals surface area contributed by atoms with Crippen LogP contribution in [-0.2, 0) is 0 Å². The number of piperazine rings is 1. The molecule has 1 fully saturated rings. The molecule has 1 N–H and O–H groups in total. The van der Waals surface area contributed by atoms with Gasteiger partial charge in [-0.25, -0.2) is 4.39 Å². The number of halogens is 2. The maximum Gasteiger partial charge on any atom is 0.257 e. The Hall–Kier alpha value is -2.57. The van der Waals surface area contributed by atoms with Gasteiger partial charge in [-0.05, 0) is 36.4 Å². The van der Waals surface area contributed by atoms with Gasteiger partial charge in [0, 0.05) is 43.3 Å². The SMILES string of the molecule is COc1ccc2c(C(=O)N3CCNCC3)c(Cl)n(-c3ccc(F)cc3)c2c1. The Balaban J connectivity index is 1.92. The summed E-state index contributed by atoms with van der Waals surface area (Å²) in [6.45, 7) is 2.78. The minimum atomic E-state index is -0.332. The number of methoxy groups -OCH3 is 1. The molecule has 7 heteroatoms. The Morgan fingerprint density at radius 1 is 1.15 bits per heavy atom. The second-order valence-electron chi connectivity index (χ2n) is 6.40. The van der Waals surface area contributed by atoms with Crippen molar-refractivity contribution in [1.82, 2.24) is 14.8 Å². The lowest BCUT2D eigenvalue weighted by Crippen LogP contribution is -2.46. The fraction of sp³-hybridized carbons (Fsp3) is 0.250. The third kappa shape index (κ3) is 3.15. The largest absolute Gasteiger partial charge is 0.497 e. The van der Waals surface area contributed by atoms with Crippen molar-refractivity contribution >= 4 is 28.4 Å². The Morgan fingerprint density at radius 2 is 1.85 bits per heavy atom. The van der Waals surface area contributed by atoms with Crippen LogP contribution in [0.25, 0.3) is 16.6 Å². The number of carbonyl (C=O) groups is 1. The third-order valence-corrected chi connectivity index (χ3v) is 5.18. The van der Waals surface area contributed by atoms with E-state index in [2.05, 4.69) is 5.32 Å². The number of hydrogen-bond acceptors (Lipinski definition) is 3. The Labute approximate surface area is 161 Å². The summed E-state index contributed by atoms with van der Waals surface area (Å²) < 4.78 is 20.5. The summed E-state index contributed by atoms with van der Waals surface area (Å²) in [5, 5.41) is 4.30. The van der Waals surface area contributed by atoms with Gasteiger partial charge in [-0.15, -0.1) is 0 Å². The predicted molar refractivity (Wildman–Crippen MR) is 104 cm³/mol. The van der Waals surface area contributed by atoms with Crippen LogP contribution in [0.2, 0.25) is 5.15 Å². The maximum absolute atomic E-state index is 13.4. The molecule has 3 aromatic rings. The molecule has 1 saturated heterocycles. The van der Waals surface area contributed by atoms with Crippen LogP contribution < -0.4 is 10.1 Å². The average molecular weight is 388 g/mol. The normalized spacial score (nSPS) is 14.6. The van der Waals surface area contributed by atoms with Gasteiger partial charge in [0.25, 0.3) is 5.91 Å². The number of nitrogens with zero attached hydrogens (tertiary/aromatic N) is 2. The van der Waals surface area contributed by atoms with Crippen molar-refractivity contribution in [2.45, 2.75) is 0 Å². The minimum absolute atomic E-state index is 0.0995. The smallest absolute Gasteiger partial charge is 0.257 e. The number of nitrogens with one attached hydrogen (secondary N) is 1. The molecule has 0 unspecified atom stereocenters. The highest BCUT2D eigenvalue weighted by atomic mass is 35.5. The van der Waals surface area contributed by atoms with Gasteiger partial charge in [0.05, 0.1) is 18.2 Å². The predicted octanol–water partition coefficient (Wildman–Crippen LogP) is 3.48. The monoisotopic (exact) mass is 387 g/mol. The van der Waals surface area contributed by atoms with Crippen molar-refractivity contribution in [3.63, 3.8) is 0 Å². The van der Waals surface area contributed by atoms with E-state index in [1.807, 2.05) is 18.2 Å². The number of amides is 1. The summed E-state index contributed by atoms with van der Waals surface area (Å²) in [4.78, 5) is 15.0. The highest BCUT2D eigenvalue weighted by Crippen LogP contribution is 2.36. The summed E-state index contributed by atoms with van der Waals surface area (Å²) in [6, 6.07) is 11.5. The minimum Gasteiger partial charge on any atom is -0.497 e. The molecule has 1 aromatic heterocycles. The van der Waals surface area contributed by atoms with E-state index >= 15 is 0 Å². The first kappa shape index (κ1) is 17.8. The summed E-state index contributed by atoms with van der Waals surface area (Å²) in [5.74, 6) is 0.222. The first-order valence-corrected chi connectivity index (χ1v) is 9.12. The van der Waals surface area contributed by atoms with Crippen molar-refractivity contribution in [2.24, 2.45) is 0 Å².